The summed E-state index contributed by atoms with van der Waals surface area (Å²) in [4.78, 5) is 21.6. The fourth-order valence-corrected chi connectivity index (χ4v) is 4.12. The molecule has 0 atom stereocenters. The van der Waals surface area contributed by atoms with Gasteiger partial charge in [-0.15, -0.1) is 11.3 Å². The maximum absolute atomic E-state index is 11.9. The second kappa shape index (κ2) is 10.7. The van der Waals surface area contributed by atoms with Gasteiger partial charge in [-0.3, -0.25) is 4.79 Å². The van der Waals surface area contributed by atoms with Crippen LogP contribution < -0.4 is 21.1 Å². The molecule has 164 valence electrons. The van der Waals surface area contributed by atoms with Crippen LogP contribution in [-0.4, -0.2) is 37.4 Å². The number of amides is 1. The van der Waals surface area contributed by atoms with Gasteiger partial charge in [-0.05, 0) is 58.1 Å². The van der Waals surface area contributed by atoms with Crippen LogP contribution in [0.15, 0.2) is 57.3 Å². The zero-order chi connectivity index (χ0) is 22.3. The molecule has 0 fully saturated rings. The Morgan fingerprint density at radius 2 is 1.94 bits per heavy atom. The van der Waals surface area contributed by atoms with Crippen LogP contribution in [0.2, 0.25) is 0 Å². The smallest absolute Gasteiger partial charge is 0.238 e. The second-order valence-electron chi connectivity index (χ2n) is 6.47. The van der Waals surface area contributed by atoms with E-state index in [0.717, 1.165) is 11.3 Å². The molecular formula is C19H21BrN6O3S2. The first kappa shape index (κ1) is 23.1. The molecule has 3 rings (SSSR count). The largest absolute Gasteiger partial charge is 0.369 e. The summed E-state index contributed by atoms with van der Waals surface area (Å²) in [5, 5.41) is 16.2. The molecule has 2 heterocycles. The number of aromatic nitrogens is 2. The predicted octanol–water partition coefficient (Wildman–Crippen LogP) is 2.85. The standard InChI is InChI=1S/C19H21BrN6O3S2/c20-16-12-24-19(25-13-4-6-15(7-5-13)31(21,28)29)26-18(16)23-9-2-8-22-17(27)11-14-3-1-10-30-14/h1,3-7,10,12H,2,8-9,11H2,(H,22,27)(H2,21,28,29)(H2,23,24,25,26). The van der Waals surface area contributed by atoms with Crippen LogP contribution in [0, 0.1) is 0 Å². The molecule has 2 aromatic heterocycles. The Balaban J connectivity index is 1.47. The molecule has 0 spiro atoms. The van der Waals surface area contributed by atoms with Crippen molar-refractivity contribution in [2.45, 2.75) is 17.7 Å². The lowest BCUT2D eigenvalue weighted by Crippen LogP contribution is -2.27. The highest BCUT2D eigenvalue weighted by molar-refractivity contribution is 9.10. The number of primary sulfonamides is 1. The van der Waals surface area contributed by atoms with Crippen LogP contribution in [-0.2, 0) is 21.2 Å². The number of carbonyl (C=O) groups is 1. The molecule has 12 heteroatoms. The third kappa shape index (κ3) is 7.28. The average Bonchev–Trinajstić information content (AvgIpc) is 3.22. The van der Waals surface area contributed by atoms with Gasteiger partial charge in [0.15, 0.2) is 0 Å². The Kier molecular flexibility index (Phi) is 7.96. The van der Waals surface area contributed by atoms with Crippen molar-refractivity contribution in [3.05, 3.63) is 57.3 Å². The summed E-state index contributed by atoms with van der Waals surface area (Å²) in [7, 11) is -3.74. The van der Waals surface area contributed by atoms with E-state index in [1.165, 1.54) is 12.1 Å². The van der Waals surface area contributed by atoms with Crippen molar-refractivity contribution in [3.8, 4) is 0 Å². The topological polar surface area (TPSA) is 139 Å². The monoisotopic (exact) mass is 524 g/mol. The van der Waals surface area contributed by atoms with Crippen LogP contribution in [0.3, 0.4) is 0 Å². The van der Waals surface area contributed by atoms with Crippen molar-refractivity contribution >= 4 is 60.7 Å². The van der Waals surface area contributed by atoms with Crippen LogP contribution in [0.4, 0.5) is 17.5 Å². The zero-order valence-electron chi connectivity index (χ0n) is 16.3. The normalized spacial score (nSPS) is 11.2. The number of rotatable bonds is 10. The summed E-state index contributed by atoms with van der Waals surface area (Å²) < 4.78 is 23.4. The van der Waals surface area contributed by atoms with E-state index in [0.29, 0.717) is 41.4 Å². The first-order valence-electron chi connectivity index (χ1n) is 9.26. The highest BCUT2D eigenvalue weighted by atomic mass is 79.9. The summed E-state index contributed by atoms with van der Waals surface area (Å²) in [6, 6.07) is 9.84. The van der Waals surface area contributed by atoms with E-state index in [-0.39, 0.29) is 10.8 Å². The van der Waals surface area contributed by atoms with Crippen molar-refractivity contribution in [3.63, 3.8) is 0 Å². The molecule has 31 heavy (non-hydrogen) atoms. The van der Waals surface area contributed by atoms with Crippen molar-refractivity contribution in [1.29, 1.82) is 0 Å². The maximum atomic E-state index is 11.9. The molecule has 9 nitrogen and oxygen atoms in total. The number of nitrogens with two attached hydrogens (primary N) is 1. The fourth-order valence-electron chi connectivity index (χ4n) is 2.57. The number of hydrogen-bond acceptors (Lipinski definition) is 8. The summed E-state index contributed by atoms with van der Waals surface area (Å²) in [6.07, 6.45) is 2.74. The van der Waals surface area contributed by atoms with Gasteiger partial charge in [-0.2, -0.15) is 4.98 Å². The van der Waals surface area contributed by atoms with Gasteiger partial charge in [0.1, 0.15) is 5.82 Å². The minimum atomic E-state index is -3.74. The minimum Gasteiger partial charge on any atom is -0.369 e. The molecule has 0 aliphatic rings. The predicted molar refractivity (Wildman–Crippen MR) is 125 cm³/mol. The molecule has 0 unspecified atom stereocenters. The molecule has 1 aromatic carbocycles. The van der Waals surface area contributed by atoms with Crippen molar-refractivity contribution in [1.82, 2.24) is 15.3 Å². The van der Waals surface area contributed by atoms with Crippen molar-refractivity contribution in [2.75, 3.05) is 23.7 Å². The van der Waals surface area contributed by atoms with E-state index in [2.05, 4.69) is 41.8 Å². The number of hydrogen-bond donors (Lipinski definition) is 4. The summed E-state index contributed by atoms with van der Waals surface area (Å²) in [5.41, 5.74) is 0.620. The molecule has 1 amide bonds. The Labute approximate surface area is 192 Å². The van der Waals surface area contributed by atoms with Crippen LogP contribution in [0.5, 0.6) is 0 Å². The molecule has 0 bridgehead atoms. The maximum Gasteiger partial charge on any atom is 0.238 e. The van der Waals surface area contributed by atoms with Gasteiger partial charge in [-0.1, -0.05) is 6.07 Å². The lowest BCUT2D eigenvalue weighted by Gasteiger charge is -2.11. The van der Waals surface area contributed by atoms with Crippen LogP contribution in [0.1, 0.15) is 11.3 Å². The second-order valence-corrected chi connectivity index (χ2v) is 9.92. The van der Waals surface area contributed by atoms with E-state index in [1.807, 2.05) is 17.5 Å². The zero-order valence-corrected chi connectivity index (χ0v) is 19.6. The van der Waals surface area contributed by atoms with E-state index in [4.69, 9.17) is 5.14 Å². The first-order chi connectivity index (χ1) is 14.8. The van der Waals surface area contributed by atoms with Crippen molar-refractivity contribution < 1.29 is 13.2 Å². The van der Waals surface area contributed by atoms with Gasteiger partial charge in [0.05, 0.1) is 15.8 Å². The van der Waals surface area contributed by atoms with Gasteiger partial charge in [-0.25, -0.2) is 18.5 Å². The number of anilines is 3. The van der Waals surface area contributed by atoms with E-state index >= 15 is 0 Å². The number of carbonyl (C=O) groups excluding carboxylic acids is 1. The Morgan fingerprint density at radius 3 is 2.61 bits per heavy atom. The Bertz CT molecular complexity index is 1120. The number of benzene rings is 1. The molecule has 0 aliphatic carbocycles. The fraction of sp³-hybridized carbons (Fsp3) is 0.211. The lowest BCUT2D eigenvalue weighted by atomic mass is 10.3. The molecular weight excluding hydrogens is 504 g/mol. The van der Waals surface area contributed by atoms with Crippen LogP contribution >= 0.6 is 27.3 Å². The minimum absolute atomic E-state index is 0.00519. The van der Waals surface area contributed by atoms with E-state index in [1.54, 1.807) is 29.7 Å². The van der Waals surface area contributed by atoms with E-state index in [9.17, 15) is 13.2 Å². The third-order valence-electron chi connectivity index (χ3n) is 4.07. The van der Waals surface area contributed by atoms with Crippen molar-refractivity contribution in [2.24, 2.45) is 5.14 Å². The molecule has 0 radical (unpaired) electrons. The van der Waals surface area contributed by atoms with Gasteiger partial charge in [0, 0.05) is 29.9 Å². The average molecular weight is 525 g/mol. The molecule has 0 saturated heterocycles. The third-order valence-corrected chi connectivity index (χ3v) is 6.45. The highest BCUT2D eigenvalue weighted by Gasteiger charge is 2.09. The molecule has 5 N–H and O–H groups in total. The Morgan fingerprint density at radius 1 is 1.16 bits per heavy atom. The van der Waals surface area contributed by atoms with E-state index < -0.39 is 10.0 Å². The number of nitrogens with one attached hydrogen (secondary N) is 3. The van der Waals surface area contributed by atoms with Gasteiger partial charge in [0.25, 0.3) is 0 Å². The first-order valence-corrected chi connectivity index (χ1v) is 12.5. The number of nitrogens with zero attached hydrogens (tertiary/aromatic N) is 2. The highest BCUT2D eigenvalue weighted by Crippen LogP contribution is 2.22. The molecule has 0 aliphatic heterocycles. The van der Waals surface area contributed by atoms with Gasteiger partial charge < -0.3 is 16.0 Å². The summed E-state index contributed by atoms with van der Waals surface area (Å²) in [5.74, 6) is 0.951. The summed E-state index contributed by atoms with van der Waals surface area (Å²) >= 11 is 4.97. The number of sulfonamides is 1. The molecule has 3 aromatic rings. The number of thiophene rings is 1. The molecule has 0 saturated carbocycles. The van der Waals surface area contributed by atoms with Crippen LogP contribution in [0.25, 0.3) is 0 Å². The quantitative estimate of drug-likeness (QED) is 0.299. The summed E-state index contributed by atoms with van der Waals surface area (Å²) in [6.45, 7) is 1.17. The Hall–Kier alpha value is -2.54. The number of halogens is 1. The van der Waals surface area contributed by atoms with Gasteiger partial charge in [0.2, 0.25) is 21.9 Å². The van der Waals surface area contributed by atoms with Gasteiger partial charge >= 0.3 is 0 Å². The SMILES string of the molecule is NS(=O)(=O)c1ccc(Nc2ncc(Br)c(NCCCNC(=O)Cc3cccs3)n2)cc1. The lowest BCUT2D eigenvalue weighted by molar-refractivity contribution is -0.120.